The minimum Gasteiger partial charge on any atom is -0.494 e. The zero-order valence-electron chi connectivity index (χ0n) is 14.1. The average molecular weight is 332 g/mol. The summed E-state index contributed by atoms with van der Waals surface area (Å²) in [5, 5.41) is 12.3. The highest BCUT2D eigenvalue weighted by atomic mass is 16.5. The van der Waals surface area contributed by atoms with Crippen molar-refractivity contribution in [2.45, 2.75) is 38.6 Å². The van der Waals surface area contributed by atoms with E-state index in [0.29, 0.717) is 25.5 Å². The maximum absolute atomic E-state index is 12.3. The molecule has 1 aromatic rings. The molecule has 2 amide bonds. The van der Waals surface area contributed by atoms with Crippen LogP contribution in [-0.4, -0.2) is 47.7 Å². The van der Waals surface area contributed by atoms with Crippen LogP contribution in [0.2, 0.25) is 0 Å². The van der Waals surface area contributed by atoms with Crippen LogP contribution in [-0.2, 0) is 4.79 Å². The molecule has 0 spiro atoms. The summed E-state index contributed by atoms with van der Waals surface area (Å²) in [5.74, 6) is 0.321. The van der Waals surface area contributed by atoms with Crippen molar-refractivity contribution in [1.82, 2.24) is 10.2 Å². The highest BCUT2D eigenvalue weighted by Crippen LogP contribution is 2.42. The first-order valence-corrected chi connectivity index (χ1v) is 8.44. The molecule has 0 radical (unpaired) electrons. The zero-order valence-corrected chi connectivity index (χ0v) is 14.1. The summed E-state index contributed by atoms with van der Waals surface area (Å²) in [4.78, 5) is 25.2. The van der Waals surface area contributed by atoms with E-state index in [1.54, 1.807) is 11.8 Å². The van der Waals surface area contributed by atoms with Crippen molar-refractivity contribution in [3.05, 3.63) is 29.8 Å². The highest BCUT2D eigenvalue weighted by Gasteiger charge is 2.45. The van der Waals surface area contributed by atoms with E-state index >= 15 is 0 Å². The van der Waals surface area contributed by atoms with Gasteiger partial charge in [-0.05, 0) is 44.4 Å². The lowest BCUT2D eigenvalue weighted by Gasteiger charge is -2.20. The Bertz CT molecular complexity index is 648. The van der Waals surface area contributed by atoms with Crippen molar-refractivity contribution in [3.63, 3.8) is 0 Å². The summed E-state index contributed by atoms with van der Waals surface area (Å²) >= 11 is 0. The van der Waals surface area contributed by atoms with E-state index in [1.165, 1.54) is 5.56 Å². The van der Waals surface area contributed by atoms with Gasteiger partial charge in [0.25, 0.3) is 0 Å². The van der Waals surface area contributed by atoms with Gasteiger partial charge in [0.15, 0.2) is 0 Å². The van der Waals surface area contributed by atoms with Gasteiger partial charge in [-0.25, -0.2) is 4.79 Å². The third-order valence-corrected chi connectivity index (χ3v) is 4.97. The molecular formula is C18H24N2O4. The first-order valence-electron chi connectivity index (χ1n) is 8.44. The van der Waals surface area contributed by atoms with E-state index in [0.717, 1.165) is 12.2 Å². The molecule has 2 aliphatic rings. The number of likely N-dealkylation sites (tertiary alicyclic amines) is 1. The summed E-state index contributed by atoms with van der Waals surface area (Å²) in [6, 6.07) is 7.93. The number of ether oxygens (including phenoxy) is 1. The largest absolute Gasteiger partial charge is 0.494 e. The molecule has 6 nitrogen and oxygen atoms in total. The smallest absolute Gasteiger partial charge is 0.317 e. The van der Waals surface area contributed by atoms with E-state index in [4.69, 9.17) is 4.74 Å². The van der Waals surface area contributed by atoms with E-state index in [9.17, 15) is 14.7 Å². The number of nitrogens with zero attached hydrogens (tertiary/aromatic N) is 1. The molecule has 1 saturated heterocycles. The third kappa shape index (κ3) is 3.32. The molecule has 2 N–H and O–H groups in total. The summed E-state index contributed by atoms with van der Waals surface area (Å²) in [6.45, 7) is 5.04. The number of rotatable bonds is 5. The van der Waals surface area contributed by atoms with Crippen LogP contribution in [0.15, 0.2) is 24.3 Å². The lowest BCUT2D eigenvalue weighted by Crippen LogP contribution is -2.42. The molecule has 3 atom stereocenters. The number of carbonyl (C=O) groups excluding carboxylic acids is 1. The maximum atomic E-state index is 12.3. The number of carboxylic acid groups (broad SMARTS) is 1. The van der Waals surface area contributed by atoms with Crippen molar-refractivity contribution in [1.29, 1.82) is 0 Å². The van der Waals surface area contributed by atoms with Crippen LogP contribution < -0.4 is 10.1 Å². The Morgan fingerprint density at radius 3 is 2.92 bits per heavy atom. The number of hydrogen-bond acceptors (Lipinski definition) is 3. The third-order valence-electron chi connectivity index (χ3n) is 4.97. The predicted octanol–water partition coefficient (Wildman–Crippen LogP) is 2.45. The van der Waals surface area contributed by atoms with Gasteiger partial charge >= 0.3 is 12.0 Å². The van der Waals surface area contributed by atoms with E-state index < -0.39 is 11.4 Å². The number of aliphatic carboxylic acids is 1. The number of nitrogens with one attached hydrogen (secondary N) is 1. The molecule has 2 fully saturated rings. The van der Waals surface area contributed by atoms with Gasteiger partial charge < -0.3 is 20.1 Å². The maximum Gasteiger partial charge on any atom is 0.317 e. The molecule has 1 aromatic carbocycles. The molecule has 6 heteroatoms. The molecule has 0 bridgehead atoms. The van der Waals surface area contributed by atoms with Gasteiger partial charge in [0, 0.05) is 25.0 Å². The van der Waals surface area contributed by atoms with Gasteiger partial charge in [-0.3, -0.25) is 4.79 Å². The zero-order chi connectivity index (χ0) is 17.3. The Labute approximate surface area is 141 Å². The molecule has 24 heavy (non-hydrogen) atoms. The number of amides is 2. The molecule has 1 saturated carbocycles. The second-order valence-corrected chi connectivity index (χ2v) is 6.94. The molecule has 1 unspecified atom stereocenters. The number of urea groups is 1. The van der Waals surface area contributed by atoms with Crippen molar-refractivity contribution in [2.75, 3.05) is 19.7 Å². The Morgan fingerprint density at radius 1 is 1.46 bits per heavy atom. The van der Waals surface area contributed by atoms with Gasteiger partial charge in [-0.15, -0.1) is 0 Å². The Balaban J connectivity index is 1.54. The molecule has 130 valence electrons. The van der Waals surface area contributed by atoms with Crippen LogP contribution in [0.25, 0.3) is 0 Å². The van der Waals surface area contributed by atoms with Gasteiger partial charge in [0.1, 0.15) is 5.75 Å². The van der Waals surface area contributed by atoms with E-state index in [2.05, 4.69) is 11.4 Å². The van der Waals surface area contributed by atoms with Crippen LogP contribution >= 0.6 is 0 Å². The highest BCUT2D eigenvalue weighted by molar-refractivity contribution is 5.80. The fourth-order valence-electron chi connectivity index (χ4n) is 3.28. The standard InChI is InChI=1S/C18H24N2O4/c1-3-24-13-6-4-5-12(9-13)14-10-15(14)19-17(23)20-8-7-18(2,11-20)16(21)22/h4-6,9,14-15H,3,7-8,10-11H2,1-2H3,(H,19,23)(H,21,22)/t14-,15+,18?/m0/s1. The Kier molecular flexibility index (Phi) is 4.39. The van der Waals surface area contributed by atoms with Gasteiger partial charge in [0.05, 0.1) is 12.0 Å². The van der Waals surface area contributed by atoms with Crippen molar-refractivity contribution < 1.29 is 19.4 Å². The number of carboxylic acids is 1. The molecule has 3 rings (SSSR count). The lowest BCUT2D eigenvalue weighted by molar-refractivity contribution is -0.146. The topological polar surface area (TPSA) is 78.9 Å². The molecular weight excluding hydrogens is 308 g/mol. The number of benzene rings is 1. The minimum atomic E-state index is -0.838. The van der Waals surface area contributed by atoms with Crippen LogP contribution in [0, 0.1) is 5.41 Å². The van der Waals surface area contributed by atoms with Crippen LogP contribution in [0.3, 0.4) is 0 Å². The minimum absolute atomic E-state index is 0.117. The summed E-state index contributed by atoms with van der Waals surface area (Å²) in [7, 11) is 0. The van der Waals surface area contributed by atoms with Gasteiger partial charge in [0.2, 0.25) is 0 Å². The average Bonchev–Trinajstić information content (AvgIpc) is 3.19. The predicted molar refractivity (Wildman–Crippen MR) is 89.2 cm³/mol. The van der Waals surface area contributed by atoms with Crippen LogP contribution in [0.5, 0.6) is 5.75 Å². The fourth-order valence-corrected chi connectivity index (χ4v) is 3.28. The second-order valence-electron chi connectivity index (χ2n) is 6.94. The first-order chi connectivity index (χ1) is 11.4. The van der Waals surface area contributed by atoms with Crippen molar-refractivity contribution in [2.24, 2.45) is 5.41 Å². The summed E-state index contributed by atoms with van der Waals surface area (Å²) < 4.78 is 5.52. The quantitative estimate of drug-likeness (QED) is 0.868. The van der Waals surface area contributed by atoms with Crippen LogP contribution in [0.4, 0.5) is 4.79 Å². The molecule has 1 aliphatic heterocycles. The van der Waals surface area contributed by atoms with Gasteiger partial charge in [-0.2, -0.15) is 0 Å². The SMILES string of the molecule is CCOc1cccc([C@@H]2C[C@H]2NC(=O)N2CCC(C)(C(=O)O)C2)c1. The van der Waals surface area contributed by atoms with E-state index in [1.807, 2.05) is 25.1 Å². The van der Waals surface area contributed by atoms with Crippen molar-refractivity contribution >= 4 is 12.0 Å². The molecule has 1 aliphatic carbocycles. The molecule has 0 aromatic heterocycles. The Morgan fingerprint density at radius 2 is 2.25 bits per heavy atom. The normalized spacial score (nSPS) is 28.5. The van der Waals surface area contributed by atoms with Crippen LogP contribution in [0.1, 0.15) is 38.2 Å². The summed E-state index contributed by atoms with van der Waals surface area (Å²) in [6.07, 6.45) is 1.41. The van der Waals surface area contributed by atoms with Crippen molar-refractivity contribution in [3.8, 4) is 5.75 Å². The monoisotopic (exact) mass is 332 g/mol. The Hall–Kier alpha value is -2.24. The molecule has 1 heterocycles. The van der Waals surface area contributed by atoms with Gasteiger partial charge in [-0.1, -0.05) is 12.1 Å². The number of hydrogen-bond donors (Lipinski definition) is 2. The number of carbonyl (C=O) groups is 2. The fraction of sp³-hybridized carbons (Fsp3) is 0.556. The second kappa shape index (κ2) is 6.34. The first kappa shape index (κ1) is 16.6. The lowest BCUT2D eigenvalue weighted by atomic mass is 9.90. The summed E-state index contributed by atoms with van der Waals surface area (Å²) in [5.41, 5.74) is 0.342. The van der Waals surface area contributed by atoms with E-state index in [-0.39, 0.29) is 18.6 Å².